The molecule has 5 atom stereocenters. The third-order valence-electron chi connectivity index (χ3n) is 6.17. The van der Waals surface area contributed by atoms with Gasteiger partial charge in [0.25, 0.3) is 0 Å². The fourth-order valence-corrected chi connectivity index (χ4v) is 4.17. The van der Waals surface area contributed by atoms with E-state index in [1.54, 1.807) is 12.1 Å². The molecule has 38 heavy (non-hydrogen) atoms. The van der Waals surface area contributed by atoms with E-state index in [1.165, 1.54) is 24.0 Å². The van der Waals surface area contributed by atoms with Crippen molar-refractivity contribution in [3.8, 4) is 5.75 Å². The van der Waals surface area contributed by atoms with Crippen LogP contribution < -0.4 is 27.8 Å². The molecule has 5 unspecified atom stereocenters. The minimum atomic E-state index is -1.58. The molecule has 2 rings (SSSR count). The van der Waals surface area contributed by atoms with Crippen molar-refractivity contribution < 1.29 is 34.5 Å². The van der Waals surface area contributed by atoms with Gasteiger partial charge in [-0.3, -0.25) is 19.4 Å². The van der Waals surface area contributed by atoms with Crippen LogP contribution in [-0.2, 0) is 25.6 Å². The third-order valence-corrected chi connectivity index (χ3v) is 6.17. The summed E-state index contributed by atoms with van der Waals surface area (Å²) in [6.45, 7) is 1.69. The number of guanidine groups is 1. The summed E-state index contributed by atoms with van der Waals surface area (Å²) in [6, 6.07) is 1.75. The fraction of sp³-hybridized carbons (Fsp3) is 0.542. The number of carbonyl (C=O) groups is 4. The number of carboxylic acid groups (broad SMARTS) is 1. The van der Waals surface area contributed by atoms with Crippen LogP contribution in [0.1, 0.15) is 38.2 Å². The molecule has 1 aliphatic rings. The van der Waals surface area contributed by atoms with Crippen LogP contribution in [0.2, 0.25) is 0 Å². The smallest absolute Gasteiger partial charge is 0.328 e. The SMILES string of the molecule is CC(O)C(NC(=O)C(CCCN=C(N)N)NC(=O)C1CCCN1C(=O)C(N)Cc1ccc(O)cc1)C(=O)O. The zero-order valence-corrected chi connectivity index (χ0v) is 21.2. The van der Waals surface area contributed by atoms with Crippen molar-refractivity contribution in [2.45, 2.75) is 69.3 Å². The molecule has 14 heteroatoms. The number of phenolic OH excluding ortho intramolecular Hbond substituents is 1. The van der Waals surface area contributed by atoms with Crippen LogP contribution in [-0.4, -0.2) is 93.2 Å². The maximum atomic E-state index is 13.2. The van der Waals surface area contributed by atoms with E-state index in [2.05, 4.69) is 15.6 Å². The Kier molecular flexibility index (Phi) is 11.3. The van der Waals surface area contributed by atoms with E-state index in [-0.39, 0.29) is 37.5 Å². The molecule has 1 aromatic rings. The lowest BCUT2D eigenvalue weighted by Crippen LogP contribution is -2.58. The van der Waals surface area contributed by atoms with E-state index in [4.69, 9.17) is 17.2 Å². The van der Waals surface area contributed by atoms with Gasteiger partial charge in [-0.1, -0.05) is 12.1 Å². The highest BCUT2D eigenvalue weighted by molar-refractivity contribution is 5.94. The van der Waals surface area contributed by atoms with Crippen LogP contribution in [0.15, 0.2) is 29.3 Å². The number of aliphatic imine (C=N–C) groups is 1. The molecule has 0 saturated carbocycles. The third kappa shape index (κ3) is 8.88. The first kappa shape index (κ1) is 30.3. The average molecular weight is 536 g/mol. The number of amides is 3. The molecular weight excluding hydrogens is 498 g/mol. The first-order valence-electron chi connectivity index (χ1n) is 12.3. The standard InChI is InChI=1S/C24H37N7O7/c1-13(32)19(23(37)38)30-20(34)17(4-2-10-28-24(26)27)29-21(35)18-5-3-11-31(18)22(36)16(25)12-14-6-8-15(33)9-7-14/h6-9,13,16-19,32-33H,2-5,10-12,25H2,1H3,(H,29,35)(H,30,34)(H,37,38)(H4,26,27,28). The van der Waals surface area contributed by atoms with E-state index in [1.807, 2.05) is 0 Å². The second kappa shape index (κ2) is 14.1. The van der Waals surface area contributed by atoms with Gasteiger partial charge < -0.3 is 48.1 Å². The molecule has 11 N–H and O–H groups in total. The number of nitrogens with one attached hydrogen (secondary N) is 2. The quantitative estimate of drug-likeness (QED) is 0.0765. The van der Waals surface area contributed by atoms with Crippen molar-refractivity contribution in [1.29, 1.82) is 0 Å². The van der Waals surface area contributed by atoms with Gasteiger partial charge in [-0.15, -0.1) is 0 Å². The lowest BCUT2D eigenvalue weighted by atomic mass is 10.0. The topological polar surface area (TPSA) is 247 Å². The van der Waals surface area contributed by atoms with E-state index in [9.17, 15) is 34.5 Å². The highest BCUT2D eigenvalue weighted by atomic mass is 16.4. The molecule has 0 aromatic heterocycles. The van der Waals surface area contributed by atoms with Crippen molar-refractivity contribution in [3.05, 3.63) is 29.8 Å². The lowest BCUT2D eigenvalue weighted by molar-refractivity contribution is -0.145. The minimum absolute atomic E-state index is 0.0710. The van der Waals surface area contributed by atoms with Gasteiger partial charge in [0.05, 0.1) is 12.1 Å². The molecule has 14 nitrogen and oxygen atoms in total. The minimum Gasteiger partial charge on any atom is -0.508 e. The van der Waals surface area contributed by atoms with Crippen LogP contribution in [0, 0.1) is 0 Å². The van der Waals surface area contributed by atoms with Crippen LogP contribution >= 0.6 is 0 Å². The Bertz CT molecular complexity index is 1010. The van der Waals surface area contributed by atoms with Gasteiger partial charge in [0.15, 0.2) is 12.0 Å². The van der Waals surface area contributed by atoms with Crippen LogP contribution in [0.5, 0.6) is 5.75 Å². The summed E-state index contributed by atoms with van der Waals surface area (Å²) in [5, 5.41) is 33.3. The summed E-state index contributed by atoms with van der Waals surface area (Å²) >= 11 is 0. The monoisotopic (exact) mass is 535 g/mol. The van der Waals surface area contributed by atoms with Crippen molar-refractivity contribution in [2.24, 2.45) is 22.2 Å². The summed E-state index contributed by atoms with van der Waals surface area (Å²) in [6.07, 6.45) is 0.0924. The predicted molar refractivity (Wildman–Crippen MR) is 138 cm³/mol. The Labute approximate surface area is 220 Å². The number of rotatable bonds is 13. The first-order chi connectivity index (χ1) is 17.9. The summed E-state index contributed by atoms with van der Waals surface area (Å²) < 4.78 is 0. The van der Waals surface area contributed by atoms with Gasteiger partial charge in [-0.25, -0.2) is 4.79 Å². The number of benzene rings is 1. The average Bonchev–Trinajstić information content (AvgIpc) is 3.34. The zero-order valence-electron chi connectivity index (χ0n) is 21.2. The van der Waals surface area contributed by atoms with Crippen LogP contribution in [0.25, 0.3) is 0 Å². The molecule has 0 spiro atoms. The van der Waals surface area contributed by atoms with Gasteiger partial charge >= 0.3 is 5.97 Å². The number of aliphatic hydroxyl groups is 1. The zero-order chi connectivity index (χ0) is 28.4. The van der Waals surface area contributed by atoms with Crippen molar-refractivity contribution in [2.75, 3.05) is 13.1 Å². The summed E-state index contributed by atoms with van der Waals surface area (Å²) in [5.74, 6) is -3.31. The number of aliphatic carboxylic acids is 1. The maximum absolute atomic E-state index is 13.2. The summed E-state index contributed by atoms with van der Waals surface area (Å²) in [4.78, 5) is 55.8. The summed E-state index contributed by atoms with van der Waals surface area (Å²) in [5.41, 5.74) is 17.5. The van der Waals surface area contributed by atoms with Gasteiger partial charge in [0.1, 0.15) is 17.8 Å². The normalized spacial score (nSPS) is 18.1. The molecule has 0 aliphatic carbocycles. The Morgan fingerprint density at radius 3 is 2.39 bits per heavy atom. The molecule has 210 valence electrons. The number of carbonyl (C=O) groups excluding carboxylic acids is 3. The van der Waals surface area contributed by atoms with Crippen molar-refractivity contribution >= 4 is 29.7 Å². The highest BCUT2D eigenvalue weighted by Gasteiger charge is 2.38. The first-order valence-corrected chi connectivity index (χ1v) is 12.3. The molecule has 1 saturated heterocycles. The maximum Gasteiger partial charge on any atom is 0.328 e. The molecule has 1 aliphatic heterocycles. The summed E-state index contributed by atoms with van der Waals surface area (Å²) in [7, 11) is 0. The van der Waals surface area contributed by atoms with E-state index in [0.29, 0.717) is 19.4 Å². The van der Waals surface area contributed by atoms with Gasteiger partial charge in [0, 0.05) is 13.1 Å². The Balaban J connectivity index is 2.11. The molecule has 1 aromatic carbocycles. The number of nitrogens with two attached hydrogens (primary N) is 3. The van der Waals surface area contributed by atoms with E-state index < -0.39 is 54.0 Å². The second-order valence-corrected chi connectivity index (χ2v) is 9.24. The van der Waals surface area contributed by atoms with Crippen LogP contribution in [0.4, 0.5) is 0 Å². The largest absolute Gasteiger partial charge is 0.508 e. The lowest BCUT2D eigenvalue weighted by Gasteiger charge is -2.29. The Morgan fingerprint density at radius 1 is 1.16 bits per heavy atom. The number of likely N-dealkylation sites (tertiary alicyclic amines) is 1. The number of carboxylic acids is 1. The highest BCUT2D eigenvalue weighted by Crippen LogP contribution is 2.20. The Hall–Kier alpha value is -3.91. The number of phenols is 1. The number of aliphatic hydroxyl groups excluding tert-OH is 1. The molecular formula is C24H37N7O7. The number of hydrogen-bond acceptors (Lipinski definition) is 8. The molecule has 1 heterocycles. The fourth-order valence-electron chi connectivity index (χ4n) is 4.17. The number of hydrogen-bond donors (Lipinski definition) is 8. The van der Waals surface area contributed by atoms with E-state index >= 15 is 0 Å². The van der Waals surface area contributed by atoms with Crippen molar-refractivity contribution in [1.82, 2.24) is 15.5 Å². The molecule has 1 fully saturated rings. The number of nitrogens with zero attached hydrogens (tertiary/aromatic N) is 2. The Morgan fingerprint density at radius 2 is 1.82 bits per heavy atom. The van der Waals surface area contributed by atoms with Gasteiger partial charge in [-0.05, 0) is 56.7 Å². The molecule has 3 amide bonds. The van der Waals surface area contributed by atoms with Gasteiger partial charge in [0.2, 0.25) is 17.7 Å². The number of aromatic hydroxyl groups is 1. The molecule has 0 bridgehead atoms. The second-order valence-electron chi connectivity index (χ2n) is 9.24. The van der Waals surface area contributed by atoms with Crippen LogP contribution in [0.3, 0.4) is 0 Å². The van der Waals surface area contributed by atoms with Crippen molar-refractivity contribution in [3.63, 3.8) is 0 Å². The van der Waals surface area contributed by atoms with E-state index in [0.717, 1.165) is 5.56 Å². The molecule has 0 radical (unpaired) electrons. The van der Waals surface area contributed by atoms with Gasteiger partial charge in [-0.2, -0.15) is 0 Å². The predicted octanol–water partition coefficient (Wildman–Crippen LogP) is -2.26.